The van der Waals surface area contributed by atoms with Crippen LogP contribution in [0.5, 0.6) is 11.8 Å². The van der Waals surface area contributed by atoms with Gasteiger partial charge in [0.05, 0.1) is 25.9 Å². The first-order chi connectivity index (χ1) is 14.0. The molecule has 0 atom stereocenters. The third-order valence-corrected chi connectivity index (χ3v) is 4.45. The molecule has 7 nitrogen and oxygen atoms in total. The Labute approximate surface area is 168 Å². The number of para-hydroxylation sites is 1. The zero-order valence-electron chi connectivity index (χ0n) is 16.7. The van der Waals surface area contributed by atoms with Crippen LogP contribution in [0.3, 0.4) is 0 Å². The molecule has 0 unspecified atom stereocenters. The summed E-state index contributed by atoms with van der Waals surface area (Å²) in [4.78, 5) is 12.1. The zero-order valence-corrected chi connectivity index (χ0v) is 16.7. The second-order valence-corrected chi connectivity index (χ2v) is 6.72. The zero-order chi connectivity index (χ0) is 20.9. The van der Waals surface area contributed by atoms with Crippen molar-refractivity contribution in [2.75, 3.05) is 14.2 Å². The Morgan fingerprint density at radius 1 is 1.00 bits per heavy atom. The molecule has 0 N–H and O–H groups in total. The molecule has 0 bridgehead atoms. The summed E-state index contributed by atoms with van der Waals surface area (Å²) < 4.78 is 21.4. The standard InChI is InChI=1S/C22H22N2O5/c1-22(2,15-10-6-5-7-11-15)20-23-24-21(29-20)28-18-13-9-8-12-16(18)17(14-26-3)19(25)27-4/h5-14H,1-4H3/b17-14+. The number of carbonyl (C=O) groups is 1. The maximum absolute atomic E-state index is 12.1. The third-order valence-electron chi connectivity index (χ3n) is 4.45. The predicted molar refractivity (Wildman–Crippen MR) is 106 cm³/mol. The van der Waals surface area contributed by atoms with Gasteiger partial charge >= 0.3 is 12.0 Å². The number of benzene rings is 2. The van der Waals surface area contributed by atoms with Gasteiger partial charge in [-0.1, -0.05) is 53.6 Å². The van der Waals surface area contributed by atoms with Gasteiger partial charge in [-0.05, 0) is 25.5 Å². The Bertz CT molecular complexity index is 1010. The van der Waals surface area contributed by atoms with E-state index in [2.05, 4.69) is 10.2 Å². The van der Waals surface area contributed by atoms with Gasteiger partial charge in [0, 0.05) is 5.56 Å². The van der Waals surface area contributed by atoms with E-state index in [0.717, 1.165) is 5.56 Å². The topological polar surface area (TPSA) is 83.7 Å². The van der Waals surface area contributed by atoms with E-state index < -0.39 is 11.4 Å². The molecular formula is C22H22N2O5. The van der Waals surface area contributed by atoms with Crippen molar-refractivity contribution in [3.63, 3.8) is 0 Å². The highest BCUT2D eigenvalue weighted by Gasteiger charge is 2.30. The highest BCUT2D eigenvalue weighted by atomic mass is 16.6. The van der Waals surface area contributed by atoms with Crippen LogP contribution < -0.4 is 4.74 Å². The van der Waals surface area contributed by atoms with Gasteiger partial charge in [0.25, 0.3) is 0 Å². The van der Waals surface area contributed by atoms with Crippen molar-refractivity contribution in [2.24, 2.45) is 0 Å². The van der Waals surface area contributed by atoms with Crippen LogP contribution in [0.15, 0.2) is 65.3 Å². The molecule has 1 heterocycles. The molecule has 3 rings (SSSR count). The molecule has 0 aliphatic carbocycles. The minimum Gasteiger partial charge on any atom is -0.503 e. The van der Waals surface area contributed by atoms with Crippen molar-refractivity contribution in [3.05, 3.63) is 77.9 Å². The molecule has 1 aromatic heterocycles. The van der Waals surface area contributed by atoms with Gasteiger partial charge in [-0.2, -0.15) is 0 Å². The Morgan fingerprint density at radius 3 is 2.38 bits per heavy atom. The Balaban J connectivity index is 1.91. The second-order valence-electron chi connectivity index (χ2n) is 6.72. The lowest BCUT2D eigenvalue weighted by Gasteiger charge is -2.20. The lowest BCUT2D eigenvalue weighted by molar-refractivity contribution is -0.133. The van der Waals surface area contributed by atoms with Crippen molar-refractivity contribution >= 4 is 11.5 Å². The molecule has 29 heavy (non-hydrogen) atoms. The fourth-order valence-electron chi connectivity index (χ4n) is 2.80. The lowest BCUT2D eigenvalue weighted by atomic mass is 9.85. The molecule has 2 aromatic carbocycles. The van der Waals surface area contributed by atoms with Crippen LogP contribution in [0, 0.1) is 0 Å². The van der Waals surface area contributed by atoms with Crippen LogP contribution in [0.4, 0.5) is 0 Å². The summed E-state index contributed by atoms with van der Waals surface area (Å²) >= 11 is 0. The number of rotatable bonds is 7. The molecule has 0 saturated carbocycles. The molecule has 0 spiro atoms. The van der Waals surface area contributed by atoms with Crippen LogP contribution in [-0.4, -0.2) is 30.4 Å². The van der Waals surface area contributed by atoms with E-state index in [-0.39, 0.29) is 11.6 Å². The molecule has 7 heteroatoms. The summed E-state index contributed by atoms with van der Waals surface area (Å²) in [5.41, 5.74) is 1.22. The van der Waals surface area contributed by atoms with Gasteiger partial charge in [0.15, 0.2) is 0 Å². The van der Waals surface area contributed by atoms with Crippen molar-refractivity contribution in [2.45, 2.75) is 19.3 Å². The van der Waals surface area contributed by atoms with Crippen LogP contribution in [0.2, 0.25) is 0 Å². The predicted octanol–water partition coefficient (Wildman–Crippen LogP) is 4.35. The number of methoxy groups -OCH3 is 2. The van der Waals surface area contributed by atoms with Crippen LogP contribution >= 0.6 is 0 Å². The largest absolute Gasteiger partial charge is 0.503 e. The van der Waals surface area contributed by atoms with Crippen molar-refractivity contribution < 1.29 is 23.4 Å². The monoisotopic (exact) mass is 394 g/mol. The fraction of sp³-hybridized carbons (Fsp3) is 0.227. The maximum Gasteiger partial charge on any atom is 0.420 e. The molecule has 0 saturated heterocycles. The number of aromatic nitrogens is 2. The van der Waals surface area contributed by atoms with Gasteiger partial charge in [-0.3, -0.25) is 0 Å². The first-order valence-corrected chi connectivity index (χ1v) is 8.95. The number of hydrogen-bond donors (Lipinski definition) is 0. The lowest BCUT2D eigenvalue weighted by Crippen LogP contribution is -2.19. The summed E-state index contributed by atoms with van der Waals surface area (Å²) in [6, 6.07) is 16.8. The summed E-state index contributed by atoms with van der Waals surface area (Å²) in [5, 5.41) is 8.16. The van der Waals surface area contributed by atoms with E-state index in [9.17, 15) is 4.79 Å². The normalized spacial score (nSPS) is 11.8. The molecular weight excluding hydrogens is 372 g/mol. The number of ether oxygens (including phenoxy) is 3. The van der Waals surface area contributed by atoms with Gasteiger partial charge in [-0.15, -0.1) is 5.10 Å². The highest BCUT2D eigenvalue weighted by molar-refractivity contribution is 6.17. The summed E-state index contributed by atoms with van der Waals surface area (Å²) in [6.07, 6.45) is 1.27. The van der Waals surface area contributed by atoms with Crippen molar-refractivity contribution in [1.29, 1.82) is 0 Å². The maximum atomic E-state index is 12.1. The molecule has 0 aliphatic rings. The minimum absolute atomic E-state index is 0.0295. The van der Waals surface area contributed by atoms with E-state index >= 15 is 0 Å². The van der Waals surface area contributed by atoms with Crippen LogP contribution in [0.1, 0.15) is 30.9 Å². The second kappa shape index (κ2) is 8.60. The number of carbonyl (C=O) groups excluding carboxylic acids is 1. The molecule has 0 aliphatic heterocycles. The number of esters is 1. The molecule has 3 aromatic rings. The Hall–Kier alpha value is -3.61. The van der Waals surface area contributed by atoms with Gasteiger partial charge in [-0.25, -0.2) is 4.79 Å². The fourth-order valence-corrected chi connectivity index (χ4v) is 2.80. The molecule has 0 fully saturated rings. The third kappa shape index (κ3) is 4.29. The number of hydrogen-bond acceptors (Lipinski definition) is 7. The van der Waals surface area contributed by atoms with Crippen LogP contribution in [0.25, 0.3) is 5.57 Å². The molecule has 0 radical (unpaired) electrons. The molecule has 0 amide bonds. The van der Waals surface area contributed by atoms with E-state index in [1.165, 1.54) is 20.5 Å². The average Bonchev–Trinajstić information content (AvgIpc) is 3.22. The minimum atomic E-state index is -0.556. The summed E-state index contributed by atoms with van der Waals surface area (Å²) in [7, 11) is 2.74. The molecule has 150 valence electrons. The van der Waals surface area contributed by atoms with E-state index in [1.807, 2.05) is 44.2 Å². The number of nitrogens with zero attached hydrogens (tertiary/aromatic N) is 2. The summed E-state index contributed by atoms with van der Waals surface area (Å²) in [6.45, 7) is 3.98. The smallest absolute Gasteiger partial charge is 0.420 e. The van der Waals surface area contributed by atoms with E-state index in [4.69, 9.17) is 18.6 Å². The van der Waals surface area contributed by atoms with Gasteiger partial charge < -0.3 is 18.6 Å². The van der Waals surface area contributed by atoms with E-state index in [1.54, 1.807) is 24.3 Å². The SMILES string of the molecule is CO/C=C(/C(=O)OC)c1ccccc1Oc1nnc(C(C)(C)c2ccccc2)o1. The van der Waals surface area contributed by atoms with Gasteiger partial charge in [0.1, 0.15) is 11.3 Å². The highest BCUT2D eigenvalue weighted by Crippen LogP contribution is 2.34. The van der Waals surface area contributed by atoms with Crippen molar-refractivity contribution in [1.82, 2.24) is 10.2 Å². The Morgan fingerprint density at radius 2 is 1.69 bits per heavy atom. The van der Waals surface area contributed by atoms with Gasteiger partial charge in [0.2, 0.25) is 5.89 Å². The first kappa shape index (κ1) is 20.1. The Kier molecular flexibility index (Phi) is 5.97. The first-order valence-electron chi connectivity index (χ1n) is 8.95. The van der Waals surface area contributed by atoms with Crippen molar-refractivity contribution in [3.8, 4) is 11.8 Å². The average molecular weight is 394 g/mol. The summed E-state index contributed by atoms with van der Waals surface area (Å²) in [5.74, 6) is 0.213. The van der Waals surface area contributed by atoms with E-state index in [0.29, 0.717) is 17.2 Å². The van der Waals surface area contributed by atoms with Crippen LogP contribution in [-0.2, 0) is 19.7 Å². The quantitative estimate of drug-likeness (QED) is 0.335.